The van der Waals surface area contributed by atoms with Gasteiger partial charge in [0, 0.05) is 33.0 Å². The number of furan rings is 1. The van der Waals surface area contributed by atoms with E-state index in [0.717, 1.165) is 50.1 Å². The molecule has 3 aromatic heterocycles. The summed E-state index contributed by atoms with van der Waals surface area (Å²) < 4.78 is 8.82. The molecule has 0 N–H and O–H groups in total. The molecule has 0 radical (unpaired) electrons. The topological polar surface area (TPSA) is 43.9 Å². The Labute approximate surface area is 253 Å². The standard InChI is InChI=1S/C40H25N3O/c1-3-12-26(13-4-1)37-39-38(42-40(41-37)27-14-5-2-6-15-27)33-25-29(22-23-36(33)44-39)28-16-11-17-30(24-28)43-34-20-9-7-18-31(34)32-19-8-10-21-35(32)43/h1-25H. The molecule has 6 aromatic carbocycles. The molecule has 0 spiro atoms. The van der Waals surface area contributed by atoms with Gasteiger partial charge in [-0.1, -0.05) is 115 Å². The van der Waals surface area contributed by atoms with Gasteiger partial charge in [-0.3, -0.25) is 0 Å². The van der Waals surface area contributed by atoms with Crippen molar-refractivity contribution in [3.63, 3.8) is 0 Å². The van der Waals surface area contributed by atoms with Crippen molar-refractivity contribution in [2.45, 2.75) is 0 Å². The fraction of sp³-hybridized carbons (Fsp3) is 0. The Kier molecular flexibility index (Phi) is 5.47. The molecule has 0 bridgehead atoms. The maximum absolute atomic E-state index is 6.47. The maximum Gasteiger partial charge on any atom is 0.180 e. The number of hydrogen-bond acceptors (Lipinski definition) is 3. The van der Waals surface area contributed by atoms with Crippen molar-refractivity contribution in [3.8, 4) is 39.5 Å². The Morgan fingerprint density at radius 2 is 1.07 bits per heavy atom. The lowest BCUT2D eigenvalue weighted by atomic mass is 10.0. The van der Waals surface area contributed by atoms with Gasteiger partial charge in [0.2, 0.25) is 0 Å². The molecule has 0 fully saturated rings. The van der Waals surface area contributed by atoms with E-state index in [1.165, 1.54) is 21.8 Å². The van der Waals surface area contributed by atoms with Crippen molar-refractivity contribution >= 4 is 43.9 Å². The van der Waals surface area contributed by atoms with E-state index >= 15 is 0 Å². The van der Waals surface area contributed by atoms with E-state index in [1.807, 2.05) is 48.5 Å². The zero-order valence-corrected chi connectivity index (χ0v) is 23.7. The second kappa shape index (κ2) is 9.79. The van der Waals surface area contributed by atoms with Crippen molar-refractivity contribution in [1.82, 2.24) is 14.5 Å². The molecule has 0 unspecified atom stereocenters. The number of fused-ring (bicyclic) bond motifs is 6. The van der Waals surface area contributed by atoms with Crippen LogP contribution in [0.5, 0.6) is 0 Å². The largest absolute Gasteiger partial charge is 0.452 e. The van der Waals surface area contributed by atoms with Gasteiger partial charge < -0.3 is 8.98 Å². The van der Waals surface area contributed by atoms with Crippen LogP contribution in [0.25, 0.3) is 83.3 Å². The van der Waals surface area contributed by atoms with Gasteiger partial charge in [0.25, 0.3) is 0 Å². The lowest BCUT2D eigenvalue weighted by Gasteiger charge is -2.10. The van der Waals surface area contributed by atoms with Crippen LogP contribution in [0.2, 0.25) is 0 Å². The molecule has 0 amide bonds. The highest BCUT2D eigenvalue weighted by Crippen LogP contribution is 2.38. The van der Waals surface area contributed by atoms with Gasteiger partial charge in [-0.2, -0.15) is 0 Å². The van der Waals surface area contributed by atoms with Gasteiger partial charge in [0.1, 0.15) is 16.8 Å². The SMILES string of the molecule is c1ccc(-c2nc(-c3ccccc3)c3oc4ccc(-c5cccc(-n6c7ccccc7c7ccccc76)c5)cc4c3n2)cc1. The molecule has 9 rings (SSSR count). The summed E-state index contributed by atoms with van der Waals surface area (Å²) in [5.74, 6) is 0.679. The van der Waals surface area contributed by atoms with Gasteiger partial charge in [0.05, 0.1) is 11.0 Å². The molecular weight excluding hydrogens is 538 g/mol. The van der Waals surface area contributed by atoms with Gasteiger partial charge >= 0.3 is 0 Å². The summed E-state index contributed by atoms with van der Waals surface area (Å²) in [5, 5.41) is 3.47. The Balaban J connectivity index is 1.25. The summed E-state index contributed by atoms with van der Waals surface area (Å²) in [5.41, 5.74) is 10.8. The van der Waals surface area contributed by atoms with Gasteiger partial charge in [-0.25, -0.2) is 9.97 Å². The summed E-state index contributed by atoms with van der Waals surface area (Å²) in [7, 11) is 0. The molecule has 4 heteroatoms. The Morgan fingerprint density at radius 3 is 1.80 bits per heavy atom. The van der Waals surface area contributed by atoms with Crippen LogP contribution in [-0.2, 0) is 0 Å². The predicted octanol–water partition coefficient (Wildman–Crippen LogP) is 10.5. The van der Waals surface area contributed by atoms with Crippen LogP contribution in [0.4, 0.5) is 0 Å². The van der Waals surface area contributed by atoms with Crippen LogP contribution in [-0.4, -0.2) is 14.5 Å². The molecule has 0 aliphatic carbocycles. The fourth-order valence-corrected chi connectivity index (χ4v) is 6.36. The number of hydrogen-bond donors (Lipinski definition) is 0. The summed E-state index contributed by atoms with van der Waals surface area (Å²) in [6.45, 7) is 0. The second-order valence-electron chi connectivity index (χ2n) is 11.0. The molecule has 0 aliphatic heterocycles. The molecule has 206 valence electrons. The first-order valence-corrected chi connectivity index (χ1v) is 14.8. The first-order valence-electron chi connectivity index (χ1n) is 14.8. The maximum atomic E-state index is 6.47. The molecule has 44 heavy (non-hydrogen) atoms. The van der Waals surface area contributed by atoms with Gasteiger partial charge in [0.15, 0.2) is 11.4 Å². The first kappa shape index (κ1) is 24.6. The average molecular weight is 564 g/mol. The lowest BCUT2D eigenvalue weighted by molar-refractivity contribution is 0.667. The van der Waals surface area contributed by atoms with Gasteiger partial charge in [-0.05, 0) is 47.5 Å². The van der Waals surface area contributed by atoms with Crippen molar-refractivity contribution in [1.29, 1.82) is 0 Å². The molecule has 9 aromatic rings. The first-order chi connectivity index (χ1) is 21.8. The minimum atomic E-state index is 0.679. The van der Waals surface area contributed by atoms with Crippen LogP contribution in [0.3, 0.4) is 0 Å². The monoisotopic (exact) mass is 563 g/mol. The summed E-state index contributed by atoms with van der Waals surface area (Å²) in [4.78, 5) is 10.1. The molecular formula is C40H25N3O. The van der Waals surface area contributed by atoms with E-state index in [2.05, 4.69) is 108 Å². The zero-order valence-electron chi connectivity index (χ0n) is 23.7. The van der Waals surface area contributed by atoms with Crippen LogP contribution < -0.4 is 0 Å². The summed E-state index contributed by atoms with van der Waals surface area (Å²) in [6.07, 6.45) is 0. The average Bonchev–Trinajstić information content (AvgIpc) is 3.64. The number of para-hydroxylation sites is 2. The van der Waals surface area contributed by atoms with E-state index in [1.54, 1.807) is 0 Å². The normalized spacial score (nSPS) is 11.6. The van der Waals surface area contributed by atoms with Crippen molar-refractivity contribution in [3.05, 3.63) is 152 Å². The minimum absolute atomic E-state index is 0.679. The third kappa shape index (κ3) is 3.85. The van der Waals surface area contributed by atoms with E-state index < -0.39 is 0 Å². The van der Waals surface area contributed by atoms with E-state index in [-0.39, 0.29) is 0 Å². The molecule has 0 saturated carbocycles. The fourth-order valence-electron chi connectivity index (χ4n) is 6.36. The van der Waals surface area contributed by atoms with Crippen molar-refractivity contribution in [2.75, 3.05) is 0 Å². The third-order valence-corrected chi connectivity index (χ3v) is 8.41. The van der Waals surface area contributed by atoms with Crippen molar-refractivity contribution in [2.24, 2.45) is 0 Å². The lowest BCUT2D eigenvalue weighted by Crippen LogP contribution is -1.94. The van der Waals surface area contributed by atoms with E-state index in [0.29, 0.717) is 11.4 Å². The Hall–Kier alpha value is -6.00. The highest BCUT2D eigenvalue weighted by Gasteiger charge is 2.19. The van der Waals surface area contributed by atoms with Gasteiger partial charge in [-0.15, -0.1) is 0 Å². The van der Waals surface area contributed by atoms with Crippen LogP contribution in [0.1, 0.15) is 0 Å². The number of benzene rings is 6. The summed E-state index contributed by atoms with van der Waals surface area (Å²) in [6, 6.07) is 52.7. The molecule has 0 atom stereocenters. The number of nitrogens with zero attached hydrogens (tertiary/aromatic N) is 3. The highest BCUT2D eigenvalue weighted by atomic mass is 16.3. The minimum Gasteiger partial charge on any atom is -0.452 e. The summed E-state index contributed by atoms with van der Waals surface area (Å²) >= 11 is 0. The van der Waals surface area contributed by atoms with Crippen molar-refractivity contribution < 1.29 is 4.42 Å². The predicted molar refractivity (Wildman–Crippen MR) is 180 cm³/mol. The third-order valence-electron chi connectivity index (χ3n) is 8.41. The number of rotatable bonds is 4. The highest BCUT2D eigenvalue weighted by molar-refractivity contribution is 6.10. The zero-order chi connectivity index (χ0) is 29.0. The number of aromatic nitrogens is 3. The Bertz CT molecular complexity index is 2440. The molecule has 4 nitrogen and oxygen atoms in total. The molecule has 3 heterocycles. The van der Waals surface area contributed by atoms with Crippen LogP contribution in [0.15, 0.2) is 156 Å². The van der Waals surface area contributed by atoms with E-state index in [9.17, 15) is 0 Å². The molecule has 0 saturated heterocycles. The van der Waals surface area contributed by atoms with Crippen LogP contribution >= 0.6 is 0 Å². The quantitative estimate of drug-likeness (QED) is 0.214. The van der Waals surface area contributed by atoms with Crippen LogP contribution in [0, 0.1) is 0 Å². The molecule has 0 aliphatic rings. The second-order valence-corrected chi connectivity index (χ2v) is 11.0. The smallest absolute Gasteiger partial charge is 0.180 e. The Morgan fingerprint density at radius 1 is 0.455 bits per heavy atom. The van der Waals surface area contributed by atoms with E-state index in [4.69, 9.17) is 14.4 Å².